The van der Waals surface area contributed by atoms with Crippen LogP contribution in [0.2, 0.25) is 0 Å². The standard InChI is InChI=1S/C17H24N2O4S2/c1-17(2,3)15-11-24-16(19-15)8-9-18-25(20,21)12-6-7-13(22-4)14(10-12)23-5/h6-7,10-11,18H,8-9H2,1-5H3. The largest absolute Gasteiger partial charge is 0.493 e. The van der Waals surface area contributed by atoms with E-state index in [0.717, 1.165) is 10.7 Å². The van der Waals surface area contributed by atoms with E-state index in [4.69, 9.17) is 9.47 Å². The number of thiazole rings is 1. The number of nitrogens with one attached hydrogen (secondary N) is 1. The van der Waals surface area contributed by atoms with Crippen molar-refractivity contribution in [3.8, 4) is 11.5 Å². The normalized spacial score (nSPS) is 12.2. The molecule has 1 aromatic carbocycles. The summed E-state index contributed by atoms with van der Waals surface area (Å²) in [6, 6.07) is 4.51. The Bertz CT molecular complexity index is 823. The number of aromatic nitrogens is 1. The minimum Gasteiger partial charge on any atom is -0.493 e. The molecule has 1 heterocycles. The van der Waals surface area contributed by atoms with Crippen LogP contribution in [0.5, 0.6) is 11.5 Å². The van der Waals surface area contributed by atoms with Crippen molar-refractivity contribution in [1.82, 2.24) is 9.71 Å². The van der Waals surface area contributed by atoms with Gasteiger partial charge >= 0.3 is 0 Å². The molecule has 0 saturated heterocycles. The summed E-state index contributed by atoms with van der Waals surface area (Å²) in [5, 5.41) is 2.94. The Kier molecular flexibility index (Phi) is 6.08. The van der Waals surface area contributed by atoms with Crippen molar-refractivity contribution < 1.29 is 17.9 Å². The third kappa shape index (κ3) is 4.93. The Morgan fingerprint density at radius 2 is 1.84 bits per heavy atom. The minimum atomic E-state index is -3.62. The molecule has 1 N–H and O–H groups in total. The van der Waals surface area contributed by atoms with Gasteiger partial charge in [0.15, 0.2) is 11.5 Å². The Morgan fingerprint density at radius 1 is 1.16 bits per heavy atom. The Morgan fingerprint density at radius 3 is 2.40 bits per heavy atom. The molecule has 0 fully saturated rings. The van der Waals surface area contributed by atoms with E-state index in [1.807, 2.05) is 5.38 Å². The lowest BCUT2D eigenvalue weighted by molar-refractivity contribution is 0.354. The van der Waals surface area contributed by atoms with Crippen molar-refractivity contribution in [2.45, 2.75) is 37.5 Å². The monoisotopic (exact) mass is 384 g/mol. The molecule has 8 heteroatoms. The summed E-state index contributed by atoms with van der Waals surface area (Å²) >= 11 is 1.55. The van der Waals surface area contributed by atoms with Gasteiger partial charge in [-0.2, -0.15) is 0 Å². The Hall–Kier alpha value is -1.64. The molecule has 0 amide bonds. The highest BCUT2D eigenvalue weighted by atomic mass is 32.2. The lowest BCUT2D eigenvalue weighted by atomic mass is 9.93. The van der Waals surface area contributed by atoms with E-state index < -0.39 is 10.0 Å². The van der Waals surface area contributed by atoms with Gasteiger partial charge in [0, 0.05) is 29.8 Å². The zero-order chi connectivity index (χ0) is 18.7. The summed E-state index contributed by atoms with van der Waals surface area (Å²) in [5.41, 5.74) is 1.02. The van der Waals surface area contributed by atoms with Crippen LogP contribution in [-0.4, -0.2) is 34.2 Å². The molecule has 6 nitrogen and oxygen atoms in total. The van der Waals surface area contributed by atoms with Crippen LogP contribution >= 0.6 is 11.3 Å². The van der Waals surface area contributed by atoms with Crippen LogP contribution in [0.4, 0.5) is 0 Å². The fraction of sp³-hybridized carbons (Fsp3) is 0.471. The second kappa shape index (κ2) is 7.72. The molecule has 138 valence electrons. The molecular formula is C17H24N2O4S2. The number of hydrogen-bond donors (Lipinski definition) is 1. The maximum absolute atomic E-state index is 12.4. The highest BCUT2D eigenvalue weighted by Gasteiger charge is 2.19. The lowest BCUT2D eigenvalue weighted by Gasteiger charge is -2.14. The highest BCUT2D eigenvalue weighted by molar-refractivity contribution is 7.89. The smallest absolute Gasteiger partial charge is 0.240 e. The van der Waals surface area contributed by atoms with Gasteiger partial charge in [0.1, 0.15) is 0 Å². The number of methoxy groups -OCH3 is 2. The van der Waals surface area contributed by atoms with Gasteiger partial charge in [-0.15, -0.1) is 11.3 Å². The molecule has 0 unspecified atom stereocenters. The predicted octanol–water partition coefficient (Wildman–Crippen LogP) is 2.98. The predicted molar refractivity (Wildman–Crippen MR) is 99.3 cm³/mol. The van der Waals surface area contributed by atoms with E-state index >= 15 is 0 Å². The first-order chi connectivity index (χ1) is 11.7. The van der Waals surface area contributed by atoms with Crippen LogP contribution in [0.15, 0.2) is 28.5 Å². The van der Waals surface area contributed by atoms with E-state index in [1.54, 1.807) is 17.4 Å². The minimum absolute atomic E-state index is 0.00605. The van der Waals surface area contributed by atoms with E-state index in [2.05, 4.69) is 30.5 Å². The zero-order valence-electron chi connectivity index (χ0n) is 15.1. The van der Waals surface area contributed by atoms with E-state index in [1.165, 1.54) is 26.4 Å². The van der Waals surface area contributed by atoms with Crippen molar-refractivity contribution in [3.63, 3.8) is 0 Å². The molecule has 2 aromatic rings. The number of benzene rings is 1. The summed E-state index contributed by atoms with van der Waals surface area (Å²) in [6.07, 6.45) is 0.549. The van der Waals surface area contributed by atoms with E-state index in [0.29, 0.717) is 17.9 Å². The van der Waals surface area contributed by atoms with Crippen molar-refractivity contribution in [1.29, 1.82) is 0 Å². The maximum Gasteiger partial charge on any atom is 0.240 e. The molecule has 0 bridgehead atoms. The molecule has 2 rings (SSSR count). The van der Waals surface area contributed by atoms with Crippen LogP contribution in [-0.2, 0) is 21.9 Å². The lowest BCUT2D eigenvalue weighted by Crippen LogP contribution is -2.26. The summed E-state index contributed by atoms with van der Waals surface area (Å²) in [7, 11) is -0.645. The number of ether oxygens (including phenoxy) is 2. The van der Waals surface area contributed by atoms with Crippen molar-refractivity contribution in [2.24, 2.45) is 0 Å². The fourth-order valence-electron chi connectivity index (χ4n) is 2.13. The third-order valence-electron chi connectivity index (χ3n) is 3.62. The molecule has 0 atom stereocenters. The van der Waals surface area contributed by atoms with Gasteiger partial charge in [0.05, 0.1) is 29.8 Å². The SMILES string of the molecule is COc1ccc(S(=O)(=O)NCCc2nc(C(C)(C)C)cs2)cc1OC. The van der Waals surface area contributed by atoms with Crippen LogP contribution < -0.4 is 14.2 Å². The van der Waals surface area contributed by atoms with Gasteiger partial charge in [-0.3, -0.25) is 0 Å². The number of nitrogens with zero attached hydrogens (tertiary/aromatic N) is 1. The van der Waals surface area contributed by atoms with E-state index in [9.17, 15) is 8.42 Å². The van der Waals surface area contributed by atoms with Gasteiger partial charge < -0.3 is 9.47 Å². The molecule has 1 aromatic heterocycles. The first-order valence-electron chi connectivity index (χ1n) is 7.84. The topological polar surface area (TPSA) is 77.5 Å². The van der Waals surface area contributed by atoms with Gasteiger partial charge in [0.2, 0.25) is 10.0 Å². The highest BCUT2D eigenvalue weighted by Crippen LogP contribution is 2.29. The molecule has 0 aliphatic carbocycles. The molecule has 25 heavy (non-hydrogen) atoms. The first-order valence-corrected chi connectivity index (χ1v) is 10.2. The second-order valence-electron chi connectivity index (χ2n) is 6.54. The van der Waals surface area contributed by atoms with Crippen LogP contribution in [0.1, 0.15) is 31.5 Å². The molecule has 0 saturated carbocycles. The van der Waals surface area contributed by atoms with Crippen LogP contribution in [0.25, 0.3) is 0 Å². The first kappa shape index (κ1) is 19.7. The molecule has 0 spiro atoms. The van der Waals surface area contributed by atoms with Gasteiger partial charge in [-0.05, 0) is 12.1 Å². The molecular weight excluding hydrogens is 360 g/mol. The summed E-state index contributed by atoms with van der Waals surface area (Å²) in [5.74, 6) is 0.860. The van der Waals surface area contributed by atoms with Crippen LogP contribution in [0, 0.1) is 0 Å². The summed E-state index contributed by atoms with van der Waals surface area (Å²) in [6.45, 7) is 6.59. The maximum atomic E-state index is 12.4. The fourth-order valence-corrected chi connectivity index (χ4v) is 4.20. The zero-order valence-corrected chi connectivity index (χ0v) is 16.8. The van der Waals surface area contributed by atoms with Crippen molar-refractivity contribution in [3.05, 3.63) is 34.3 Å². The van der Waals surface area contributed by atoms with E-state index in [-0.39, 0.29) is 16.9 Å². The van der Waals surface area contributed by atoms with Gasteiger partial charge in [-0.1, -0.05) is 20.8 Å². The quantitative estimate of drug-likeness (QED) is 0.794. The molecule has 0 aliphatic heterocycles. The summed E-state index contributed by atoms with van der Waals surface area (Å²) < 4.78 is 37.7. The Labute approximate surface area is 153 Å². The van der Waals surface area contributed by atoms with Crippen LogP contribution in [0.3, 0.4) is 0 Å². The second-order valence-corrected chi connectivity index (χ2v) is 9.25. The average molecular weight is 385 g/mol. The average Bonchev–Trinajstić information content (AvgIpc) is 3.03. The number of hydrogen-bond acceptors (Lipinski definition) is 6. The number of sulfonamides is 1. The van der Waals surface area contributed by atoms with Gasteiger partial charge in [0.25, 0.3) is 0 Å². The van der Waals surface area contributed by atoms with Gasteiger partial charge in [-0.25, -0.2) is 18.1 Å². The summed E-state index contributed by atoms with van der Waals surface area (Å²) in [4.78, 5) is 4.71. The van der Waals surface area contributed by atoms with Crippen molar-refractivity contribution >= 4 is 21.4 Å². The number of rotatable bonds is 7. The van der Waals surface area contributed by atoms with Crippen molar-refractivity contribution in [2.75, 3.05) is 20.8 Å². The third-order valence-corrected chi connectivity index (χ3v) is 5.98. The molecule has 0 radical (unpaired) electrons. The molecule has 0 aliphatic rings. The Balaban J connectivity index is 2.03.